The highest BCUT2D eigenvalue weighted by atomic mass is 32.1. The summed E-state index contributed by atoms with van der Waals surface area (Å²) < 4.78 is 1.45. The molecule has 6 heteroatoms. The summed E-state index contributed by atoms with van der Waals surface area (Å²) in [5.74, 6) is 0.591. The molecule has 2 aromatic heterocycles. The van der Waals surface area contributed by atoms with Gasteiger partial charge < -0.3 is 4.90 Å². The highest BCUT2D eigenvalue weighted by Crippen LogP contribution is 2.31. The van der Waals surface area contributed by atoms with Crippen molar-refractivity contribution < 1.29 is 0 Å². The molecule has 0 radical (unpaired) electrons. The Morgan fingerprint density at radius 1 is 1.43 bits per heavy atom. The lowest BCUT2D eigenvalue weighted by molar-refractivity contribution is 0.374. The van der Waals surface area contributed by atoms with Gasteiger partial charge in [0.1, 0.15) is 0 Å². The maximum Gasteiger partial charge on any atom is 0.275 e. The molecule has 3 heterocycles. The molecule has 0 unspecified atom stereocenters. The molecule has 1 aliphatic heterocycles. The van der Waals surface area contributed by atoms with Crippen LogP contribution in [-0.2, 0) is 6.42 Å². The van der Waals surface area contributed by atoms with Crippen molar-refractivity contribution >= 4 is 21.4 Å². The number of fused-ring (bicyclic) bond motifs is 1. The Hall–Kier alpha value is -1.43. The molecule has 1 aliphatic rings. The van der Waals surface area contributed by atoms with E-state index < -0.39 is 0 Å². The molecule has 1 atom stereocenters. The monoisotopic (exact) mass is 306 g/mol. The number of aryl methyl sites for hydroxylation is 1. The van der Waals surface area contributed by atoms with Gasteiger partial charge in [0.05, 0.1) is 0 Å². The molecular formula is C15H22N4OS. The highest BCUT2D eigenvalue weighted by molar-refractivity contribution is 7.20. The third kappa shape index (κ3) is 2.69. The summed E-state index contributed by atoms with van der Waals surface area (Å²) in [5, 5.41) is 5.47. The van der Waals surface area contributed by atoms with Crippen molar-refractivity contribution in [1.82, 2.24) is 14.6 Å². The minimum Gasteiger partial charge on any atom is -0.343 e. The van der Waals surface area contributed by atoms with Crippen molar-refractivity contribution in [2.24, 2.45) is 5.92 Å². The molecular weight excluding hydrogens is 284 g/mol. The molecule has 5 nitrogen and oxygen atoms in total. The number of rotatable bonds is 3. The van der Waals surface area contributed by atoms with Crippen LogP contribution in [0.2, 0.25) is 0 Å². The second-order valence-electron chi connectivity index (χ2n) is 6.02. The molecule has 0 aliphatic carbocycles. The van der Waals surface area contributed by atoms with E-state index in [4.69, 9.17) is 0 Å². The summed E-state index contributed by atoms with van der Waals surface area (Å²) in [6.45, 7) is 7.56. The zero-order chi connectivity index (χ0) is 15.0. The number of piperidine rings is 1. The topological polar surface area (TPSA) is 50.5 Å². The van der Waals surface area contributed by atoms with Crippen molar-refractivity contribution in [3.05, 3.63) is 22.1 Å². The van der Waals surface area contributed by atoms with Crippen molar-refractivity contribution in [3.8, 4) is 0 Å². The first kappa shape index (κ1) is 14.5. The number of hydrogen-bond acceptors (Lipinski definition) is 5. The predicted molar refractivity (Wildman–Crippen MR) is 86.3 cm³/mol. The van der Waals surface area contributed by atoms with Crippen molar-refractivity contribution in [1.29, 1.82) is 0 Å². The lowest BCUT2D eigenvalue weighted by atomic mass is 9.93. The van der Waals surface area contributed by atoms with E-state index in [2.05, 4.69) is 28.8 Å². The summed E-state index contributed by atoms with van der Waals surface area (Å²) in [5.41, 5.74) is 0.770. The molecule has 1 saturated heterocycles. The number of hydrogen-bond donors (Lipinski definition) is 0. The maximum absolute atomic E-state index is 12.1. The Balaban J connectivity index is 2.03. The Bertz CT molecular complexity index is 691. The molecule has 0 aromatic carbocycles. The maximum atomic E-state index is 12.1. The largest absolute Gasteiger partial charge is 0.343 e. The average Bonchev–Trinajstić information content (AvgIpc) is 2.91. The SMILES string of the molecule is CCc1cc(=O)n2nc(N3CCCC[C@@H]3C(C)C)sc2n1. The molecule has 0 saturated carbocycles. The molecule has 0 amide bonds. The van der Waals surface area contributed by atoms with E-state index in [1.807, 2.05) is 6.92 Å². The van der Waals surface area contributed by atoms with Gasteiger partial charge in [0, 0.05) is 24.3 Å². The summed E-state index contributed by atoms with van der Waals surface area (Å²) in [6.07, 6.45) is 4.46. The number of anilines is 1. The molecule has 0 spiro atoms. The van der Waals surface area contributed by atoms with Gasteiger partial charge in [-0.05, 0) is 31.6 Å². The summed E-state index contributed by atoms with van der Waals surface area (Å²) >= 11 is 1.54. The predicted octanol–water partition coefficient (Wildman–Crippen LogP) is 2.73. The molecule has 114 valence electrons. The van der Waals surface area contributed by atoms with Crippen LogP contribution < -0.4 is 10.5 Å². The Labute approximate surface area is 128 Å². The summed E-state index contributed by atoms with van der Waals surface area (Å²) in [7, 11) is 0. The fourth-order valence-electron chi connectivity index (χ4n) is 3.03. The summed E-state index contributed by atoms with van der Waals surface area (Å²) in [4.78, 5) is 19.7. The smallest absolute Gasteiger partial charge is 0.275 e. The first-order valence-corrected chi connectivity index (χ1v) is 8.58. The zero-order valence-electron chi connectivity index (χ0n) is 12.9. The minimum atomic E-state index is -0.0718. The lowest BCUT2D eigenvalue weighted by Gasteiger charge is -2.37. The standard InChI is InChI=1S/C15H22N4OS/c1-4-11-9-13(20)19-14(16-11)21-15(17-19)18-8-6-5-7-12(18)10(2)3/h9-10,12H,4-8H2,1-3H3/t12-/m1/s1. The van der Waals surface area contributed by atoms with Crippen molar-refractivity contribution in [2.75, 3.05) is 11.4 Å². The molecule has 0 bridgehead atoms. The van der Waals surface area contributed by atoms with Crippen molar-refractivity contribution in [3.63, 3.8) is 0 Å². The number of nitrogens with zero attached hydrogens (tertiary/aromatic N) is 4. The van der Waals surface area contributed by atoms with Gasteiger partial charge in [-0.1, -0.05) is 32.1 Å². The van der Waals surface area contributed by atoms with E-state index >= 15 is 0 Å². The van der Waals surface area contributed by atoms with E-state index in [0.29, 0.717) is 16.9 Å². The quantitative estimate of drug-likeness (QED) is 0.875. The van der Waals surface area contributed by atoms with Gasteiger partial charge in [-0.3, -0.25) is 4.79 Å². The van der Waals surface area contributed by atoms with Crippen LogP contribution in [0.4, 0.5) is 5.13 Å². The Kier molecular flexibility index (Phi) is 3.97. The average molecular weight is 306 g/mol. The molecule has 21 heavy (non-hydrogen) atoms. The molecule has 1 fully saturated rings. The number of aromatic nitrogens is 3. The van der Waals surface area contributed by atoms with Gasteiger partial charge in [-0.25, -0.2) is 4.98 Å². The van der Waals surface area contributed by atoms with Gasteiger partial charge in [0.25, 0.3) is 5.56 Å². The second kappa shape index (κ2) is 5.75. The van der Waals surface area contributed by atoms with Crippen LogP contribution in [0.25, 0.3) is 4.96 Å². The first-order valence-electron chi connectivity index (χ1n) is 7.76. The van der Waals surface area contributed by atoms with Crippen LogP contribution in [0.3, 0.4) is 0 Å². The minimum absolute atomic E-state index is 0.0718. The van der Waals surface area contributed by atoms with Gasteiger partial charge in [-0.2, -0.15) is 4.52 Å². The van der Waals surface area contributed by atoms with E-state index in [1.165, 1.54) is 35.1 Å². The zero-order valence-corrected chi connectivity index (χ0v) is 13.7. The van der Waals surface area contributed by atoms with Crippen LogP contribution >= 0.6 is 11.3 Å². The normalized spacial score (nSPS) is 19.6. The Morgan fingerprint density at radius 2 is 2.24 bits per heavy atom. The van der Waals surface area contributed by atoms with Crippen molar-refractivity contribution in [2.45, 2.75) is 52.5 Å². The van der Waals surface area contributed by atoms with Gasteiger partial charge in [0.2, 0.25) is 10.1 Å². The Morgan fingerprint density at radius 3 is 2.95 bits per heavy atom. The van der Waals surface area contributed by atoms with E-state index in [-0.39, 0.29) is 5.56 Å². The van der Waals surface area contributed by atoms with E-state index in [1.54, 1.807) is 6.07 Å². The molecule has 3 rings (SSSR count). The third-order valence-corrected chi connectivity index (χ3v) is 5.16. The first-order chi connectivity index (χ1) is 10.1. The lowest BCUT2D eigenvalue weighted by Crippen LogP contribution is -2.42. The van der Waals surface area contributed by atoms with Crippen LogP contribution in [0, 0.1) is 5.92 Å². The molecule has 2 aromatic rings. The third-order valence-electron chi connectivity index (χ3n) is 4.21. The molecule has 0 N–H and O–H groups in total. The summed E-state index contributed by atoms with van der Waals surface area (Å²) in [6, 6.07) is 2.10. The van der Waals surface area contributed by atoms with Crippen LogP contribution in [0.1, 0.15) is 45.7 Å². The van der Waals surface area contributed by atoms with Crippen LogP contribution in [0.5, 0.6) is 0 Å². The highest BCUT2D eigenvalue weighted by Gasteiger charge is 2.28. The van der Waals surface area contributed by atoms with Gasteiger partial charge in [0.15, 0.2) is 0 Å². The van der Waals surface area contributed by atoms with E-state index in [0.717, 1.165) is 23.8 Å². The van der Waals surface area contributed by atoms with Crippen LogP contribution in [-0.4, -0.2) is 27.2 Å². The second-order valence-corrected chi connectivity index (χ2v) is 6.95. The van der Waals surface area contributed by atoms with Crippen LogP contribution in [0.15, 0.2) is 10.9 Å². The fraction of sp³-hybridized carbons (Fsp3) is 0.667. The van der Waals surface area contributed by atoms with Gasteiger partial charge >= 0.3 is 0 Å². The fourth-order valence-corrected chi connectivity index (χ4v) is 4.04. The van der Waals surface area contributed by atoms with E-state index in [9.17, 15) is 4.79 Å². The van der Waals surface area contributed by atoms with Gasteiger partial charge in [-0.15, -0.1) is 5.10 Å².